The predicted octanol–water partition coefficient (Wildman–Crippen LogP) is 2.03. The van der Waals surface area contributed by atoms with Gasteiger partial charge in [-0.15, -0.1) is 5.10 Å². The van der Waals surface area contributed by atoms with E-state index in [9.17, 15) is 14.0 Å². The minimum Gasteiger partial charge on any atom is -0.493 e. The number of thioether (sulfide) groups is 1. The molecule has 1 N–H and O–H groups in total. The smallest absolute Gasteiger partial charge is 0.331 e. The van der Waals surface area contributed by atoms with Gasteiger partial charge in [-0.1, -0.05) is 0 Å². The van der Waals surface area contributed by atoms with Gasteiger partial charge in [-0.25, -0.2) is 4.79 Å². The number of halogens is 1. The molecular formula is C16H16FN3O4S. The molecule has 0 aliphatic carbocycles. The van der Waals surface area contributed by atoms with E-state index in [1.807, 2.05) is 0 Å². The number of methoxy groups -OCH3 is 1. The number of benzene rings is 1. The minimum absolute atomic E-state index is 0.190. The molecule has 0 radical (unpaired) electrons. The predicted molar refractivity (Wildman–Crippen MR) is 93.4 cm³/mol. The van der Waals surface area contributed by atoms with Crippen molar-refractivity contribution in [3.05, 3.63) is 40.8 Å². The lowest BCUT2D eigenvalue weighted by Gasteiger charge is -2.04. The molecule has 25 heavy (non-hydrogen) atoms. The molecule has 9 heteroatoms. The summed E-state index contributed by atoms with van der Waals surface area (Å²) in [5.41, 5.74) is 0.779. The highest BCUT2D eigenvalue weighted by molar-refractivity contribution is 8.18. The van der Waals surface area contributed by atoms with Crippen LogP contribution in [0.3, 0.4) is 0 Å². The molecule has 1 aliphatic heterocycles. The topological polar surface area (TPSA) is 89.3 Å². The summed E-state index contributed by atoms with van der Waals surface area (Å²) in [6, 6.07) is 7.04. The first-order valence-corrected chi connectivity index (χ1v) is 8.12. The lowest BCUT2D eigenvalue weighted by molar-refractivity contribution is -0.135. The molecule has 1 saturated heterocycles. The molecule has 1 aromatic carbocycles. The zero-order chi connectivity index (χ0) is 18.1. The first kappa shape index (κ1) is 18.7. The maximum Gasteiger partial charge on any atom is 0.331 e. The first-order valence-electron chi connectivity index (χ1n) is 7.31. The normalized spacial score (nSPS) is 17.3. The van der Waals surface area contributed by atoms with Crippen LogP contribution in [0, 0.1) is 0 Å². The fourth-order valence-electron chi connectivity index (χ4n) is 1.68. The molecule has 2 rings (SSSR count). The Hall–Kier alpha value is -2.68. The highest BCUT2D eigenvalue weighted by Crippen LogP contribution is 2.23. The molecule has 1 aromatic rings. The molecule has 1 amide bonds. The number of alkyl halides is 1. The monoisotopic (exact) mass is 365 g/mol. The third-order valence-electron chi connectivity index (χ3n) is 2.88. The van der Waals surface area contributed by atoms with Crippen molar-refractivity contribution in [2.45, 2.75) is 6.42 Å². The van der Waals surface area contributed by atoms with Crippen LogP contribution in [0.5, 0.6) is 5.75 Å². The Morgan fingerprint density at radius 2 is 2.12 bits per heavy atom. The van der Waals surface area contributed by atoms with Crippen LogP contribution < -0.4 is 10.1 Å². The summed E-state index contributed by atoms with van der Waals surface area (Å²) in [5, 5.41) is 10.5. The van der Waals surface area contributed by atoms with E-state index >= 15 is 0 Å². The summed E-state index contributed by atoms with van der Waals surface area (Å²) in [6.07, 6.45) is 2.96. The van der Waals surface area contributed by atoms with E-state index < -0.39 is 18.6 Å². The van der Waals surface area contributed by atoms with Crippen LogP contribution in [0.15, 0.2) is 45.4 Å². The van der Waals surface area contributed by atoms with Crippen molar-refractivity contribution in [1.82, 2.24) is 5.32 Å². The van der Waals surface area contributed by atoms with Gasteiger partial charge in [0, 0.05) is 12.5 Å². The molecule has 1 fully saturated rings. The van der Waals surface area contributed by atoms with Crippen molar-refractivity contribution >= 4 is 35.0 Å². The summed E-state index contributed by atoms with van der Waals surface area (Å²) in [5.74, 6) is -0.400. The maximum atomic E-state index is 12.0. The number of nitrogens with one attached hydrogen (secondary N) is 1. The molecule has 0 aromatic heterocycles. The summed E-state index contributed by atoms with van der Waals surface area (Å²) < 4.78 is 21.8. The standard InChI is InChI=1S/C16H16FN3O4S/c1-23-14(21)9-13-15(22)19-16(25-13)20-18-10-11-3-5-12(6-4-11)24-8-2-7-17/h3-6,9-10H,2,7-8H2,1H3,(H,19,20,22)/b13-9+,18-10?. The first-order chi connectivity index (χ1) is 12.1. The van der Waals surface area contributed by atoms with E-state index in [0.717, 1.165) is 23.4 Å². The van der Waals surface area contributed by atoms with Gasteiger partial charge in [-0.3, -0.25) is 14.5 Å². The van der Waals surface area contributed by atoms with Crippen LogP contribution in [-0.2, 0) is 14.3 Å². The van der Waals surface area contributed by atoms with Gasteiger partial charge in [-0.05, 0) is 41.6 Å². The number of carbonyl (C=O) groups excluding carboxylic acids is 2. The van der Waals surface area contributed by atoms with Crippen molar-refractivity contribution in [2.24, 2.45) is 10.2 Å². The molecule has 0 unspecified atom stereocenters. The molecule has 0 bridgehead atoms. The van der Waals surface area contributed by atoms with Crippen LogP contribution in [0.2, 0.25) is 0 Å². The molecule has 0 spiro atoms. The van der Waals surface area contributed by atoms with E-state index in [-0.39, 0.29) is 10.1 Å². The number of nitrogens with zero attached hydrogens (tertiary/aromatic N) is 2. The quantitative estimate of drug-likeness (QED) is 0.263. The second kappa shape index (κ2) is 9.58. The Balaban J connectivity index is 1.92. The zero-order valence-corrected chi connectivity index (χ0v) is 14.2. The number of carbonyl (C=O) groups is 2. The van der Waals surface area contributed by atoms with Crippen LogP contribution >= 0.6 is 11.8 Å². The van der Waals surface area contributed by atoms with E-state index in [1.165, 1.54) is 13.3 Å². The SMILES string of the molecule is COC(=O)/C=C1/S/C(=N\N=Cc2ccc(OCCCF)cc2)NC1=O. The maximum absolute atomic E-state index is 12.0. The van der Waals surface area contributed by atoms with E-state index in [0.29, 0.717) is 18.8 Å². The Labute approximate surface area is 148 Å². The number of ether oxygens (including phenoxy) is 2. The Kier molecular flexibility index (Phi) is 7.15. The summed E-state index contributed by atoms with van der Waals surface area (Å²) >= 11 is 0.997. The van der Waals surface area contributed by atoms with Gasteiger partial charge in [0.05, 0.1) is 31.5 Å². The number of esters is 1. The Bertz CT molecular complexity index is 717. The van der Waals surface area contributed by atoms with Crippen LogP contribution in [0.25, 0.3) is 0 Å². The second-order valence-electron chi connectivity index (χ2n) is 4.70. The molecule has 7 nitrogen and oxygen atoms in total. The molecule has 132 valence electrons. The van der Waals surface area contributed by atoms with Crippen molar-refractivity contribution in [1.29, 1.82) is 0 Å². The van der Waals surface area contributed by atoms with Gasteiger partial charge in [0.25, 0.3) is 5.91 Å². The highest BCUT2D eigenvalue weighted by Gasteiger charge is 2.24. The number of amidine groups is 1. The lowest BCUT2D eigenvalue weighted by atomic mass is 10.2. The highest BCUT2D eigenvalue weighted by atomic mass is 32.2. The van der Waals surface area contributed by atoms with Gasteiger partial charge in [-0.2, -0.15) is 5.10 Å². The second-order valence-corrected chi connectivity index (χ2v) is 5.73. The van der Waals surface area contributed by atoms with Gasteiger partial charge in [0.2, 0.25) is 0 Å². The zero-order valence-electron chi connectivity index (χ0n) is 13.4. The van der Waals surface area contributed by atoms with Crippen molar-refractivity contribution < 1.29 is 23.5 Å². The summed E-state index contributed by atoms with van der Waals surface area (Å²) in [7, 11) is 1.23. The summed E-state index contributed by atoms with van der Waals surface area (Å²) in [4.78, 5) is 23.0. The number of rotatable bonds is 7. The van der Waals surface area contributed by atoms with E-state index in [4.69, 9.17) is 4.74 Å². The average Bonchev–Trinajstić information content (AvgIpc) is 2.96. The molecular weight excluding hydrogens is 349 g/mol. The Morgan fingerprint density at radius 3 is 2.80 bits per heavy atom. The number of amides is 1. The molecule has 0 saturated carbocycles. The van der Waals surface area contributed by atoms with Crippen molar-refractivity contribution in [3.63, 3.8) is 0 Å². The van der Waals surface area contributed by atoms with E-state index in [2.05, 4.69) is 20.3 Å². The fraction of sp³-hybridized carbons (Fsp3) is 0.250. The molecule has 0 atom stereocenters. The van der Waals surface area contributed by atoms with Crippen LogP contribution in [0.1, 0.15) is 12.0 Å². The number of hydrogen-bond acceptors (Lipinski definition) is 7. The third kappa shape index (κ3) is 6.03. The fourth-order valence-corrected chi connectivity index (χ4v) is 2.42. The Morgan fingerprint density at radius 1 is 1.36 bits per heavy atom. The van der Waals surface area contributed by atoms with Gasteiger partial charge in [0.1, 0.15) is 5.75 Å². The van der Waals surface area contributed by atoms with Crippen LogP contribution in [0.4, 0.5) is 4.39 Å². The lowest BCUT2D eigenvalue weighted by Crippen LogP contribution is -2.19. The van der Waals surface area contributed by atoms with Crippen molar-refractivity contribution in [2.75, 3.05) is 20.4 Å². The van der Waals surface area contributed by atoms with Gasteiger partial charge in [0.15, 0.2) is 5.17 Å². The van der Waals surface area contributed by atoms with Crippen LogP contribution in [-0.4, -0.2) is 43.7 Å². The minimum atomic E-state index is -0.615. The van der Waals surface area contributed by atoms with Crippen molar-refractivity contribution in [3.8, 4) is 5.75 Å². The molecule has 1 aliphatic rings. The third-order valence-corrected chi connectivity index (χ3v) is 3.78. The van der Waals surface area contributed by atoms with E-state index in [1.54, 1.807) is 24.3 Å². The summed E-state index contributed by atoms with van der Waals surface area (Å²) in [6.45, 7) is -0.0773. The van der Waals surface area contributed by atoms with Gasteiger partial charge >= 0.3 is 5.97 Å². The number of hydrogen-bond donors (Lipinski definition) is 1. The average molecular weight is 365 g/mol. The molecule has 1 heterocycles. The largest absolute Gasteiger partial charge is 0.493 e. The van der Waals surface area contributed by atoms with Gasteiger partial charge < -0.3 is 9.47 Å².